The van der Waals surface area contributed by atoms with Crippen LogP contribution < -0.4 is 5.32 Å². The number of hydrogen-bond donors (Lipinski definition) is 1. The Bertz CT molecular complexity index is 674. The Balaban J connectivity index is 1.61. The molecule has 3 rings (SSSR count). The molecule has 1 spiro atoms. The van der Waals surface area contributed by atoms with Gasteiger partial charge in [-0.15, -0.1) is 11.3 Å². The molecular weight excluding hydrogens is 330 g/mol. The fourth-order valence-electron chi connectivity index (χ4n) is 3.44. The van der Waals surface area contributed by atoms with Crippen molar-refractivity contribution in [2.75, 3.05) is 6.54 Å². The highest BCUT2D eigenvalue weighted by molar-refractivity contribution is 7.09. The largest absolute Gasteiger partial charge is 0.458 e. The van der Waals surface area contributed by atoms with Crippen LogP contribution in [0.4, 0.5) is 4.79 Å². The Kier molecular flexibility index (Phi) is 4.58. The number of thiazole rings is 1. The highest BCUT2D eigenvalue weighted by atomic mass is 32.1. The van der Waals surface area contributed by atoms with Crippen molar-refractivity contribution in [2.24, 2.45) is 5.92 Å². The summed E-state index contributed by atoms with van der Waals surface area (Å²) in [6, 6.07) is -0.504. The van der Waals surface area contributed by atoms with Gasteiger partial charge in [0.1, 0.15) is 18.7 Å². The molecule has 1 N–H and O–H groups in total. The van der Waals surface area contributed by atoms with Gasteiger partial charge in [0, 0.05) is 5.38 Å². The summed E-state index contributed by atoms with van der Waals surface area (Å²) in [5.41, 5.74) is -0.179. The molecule has 130 valence electrons. The van der Waals surface area contributed by atoms with Gasteiger partial charge < -0.3 is 10.1 Å². The van der Waals surface area contributed by atoms with Crippen molar-refractivity contribution in [2.45, 2.75) is 51.7 Å². The summed E-state index contributed by atoms with van der Waals surface area (Å²) in [6.07, 6.45) is 3.48. The van der Waals surface area contributed by atoms with Crippen LogP contribution >= 0.6 is 11.3 Å². The minimum Gasteiger partial charge on any atom is -0.458 e. The van der Waals surface area contributed by atoms with Crippen molar-refractivity contribution in [3.63, 3.8) is 0 Å². The Hall–Kier alpha value is -1.96. The Labute approximate surface area is 144 Å². The molecule has 1 aliphatic heterocycles. The van der Waals surface area contributed by atoms with Crippen molar-refractivity contribution in [3.05, 3.63) is 16.1 Å². The maximum Gasteiger partial charge on any atom is 0.326 e. The maximum atomic E-state index is 12.7. The van der Waals surface area contributed by atoms with Crippen LogP contribution in [0.3, 0.4) is 0 Å². The van der Waals surface area contributed by atoms with Gasteiger partial charge in [-0.25, -0.2) is 9.78 Å². The normalized spacial score (nSPS) is 26.8. The predicted octanol–water partition coefficient (Wildman–Crippen LogP) is 2.00. The lowest BCUT2D eigenvalue weighted by Gasteiger charge is -2.36. The number of aryl methyl sites for hydroxylation is 1. The number of hydrogen-bond acceptors (Lipinski definition) is 6. The first-order chi connectivity index (χ1) is 11.4. The number of nitrogens with zero attached hydrogens (tertiary/aromatic N) is 2. The number of rotatable bonds is 4. The van der Waals surface area contributed by atoms with E-state index < -0.39 is 17.5 Å². The number of nitrogens with one attached hydrogen (secondary N) is 1. The van der Waals surface area contributed by atoms with E-state index in [9.17, 15) is 14.4 Å². The Morgan fingerprint density at radius 3 is 2.96 bits per heavy atom. The van der Waals surface area contributed by atoms with E-state index in [-0.39, 0.29) is 25.0 Å². The van der Waals surface area contributed by atoms with Gasteiger partial charge in [-0.1, -0.05) is 19.8 Å². The molecule has 2 aliphatic rings. The Morgan fingerprint density at radius 2 is 2.29 bits per heavy atom. The molecule has 2 heterocycles. The molecular formula is C16H21N3O4S. The first-order valence-corrected chi connectivity index (χ1v) is 9.01. The number of amides is 3. The quantitative estimate of drug-likeness (QED) is 0.662. The zero-order valence-electron chi connectivity index (χ0n) is 13.8. The second-order valence-electron chi connectivity index (χ2n) is 6.46. The summed E-state index contributed by atoms with van der Waals surface area (Å²) in [5, 5.41) is 5.53. The number of aromatic nitrogens is 1. The molecule has 2 fully saturated rings. The minimum atomic E-state index is -0.846. The zero-order valence-corrected chi connectivity index (χ0v) is 14.6. The summed E-state index contributed by atoms with van der Waals surface area (Å²) >= 11 is 1.47. The predicted molar refractivity (Wildman–Crippen MR) is 87.3 cm³/mol. The zero-order chi connectivity index (χ0) is 17.3. The van der Waals surface area contributed by atoms with Crippen molar-refractivity contribution in [3.8, 4) is 0 Å². The third-order valence-corrected chi connectivity index (χ3v) is 5.66. The van der Waals surface area contributed by atoms with E-state index in [1.807, 2.05) is 19.2 Å². The molecule has 3 amide bonds. The smallest absolute Gasteiger partial charge is 0.326 e. The lowest BCUT2D eigenvalue weighted by atomic mass is 9.73. The minimum absolute atomic E-state index is 0.0500. The summed E-state index contributed by atoms with van der Waals surface area (Å²) in [4.78, 5) is 42.1. The second kappa shape index (κ2) is 6.51. The van der Waals surface area contributed by atoms with E-state index in [0.29, 0.717) is 12.1 Å². The number of imide groups is 1. The highest BCUT2D eigenvalue weighted by Crippen LogP contribution is 2.38. The molecule has 0 radical (unpaired) electrons. The van der Waals surface area contributed by atoms with E-state index in [0.717, 1.165) is 29.2 Å². The monoisotopic (exact) mass is 351 g/mol. The van der Waals surface area contributed by atoms with E-state index in [1.165, 1.54) is 11.3 Å². The highest BCUT2D eigenvalue weighted by Gasteiger charge is 2.55. The standard InChI is InChI=1S/C16H21N3O4S/c1-10-5-3-4-6-16(10)14(21)19(15(22)18-16)7-13(20)23-8-12-9-24-11(2)17-12/h9-10H,3-8H2,1-2H3,(H,18,22)/t10-,16+/m1/s1. The molecule has 1 saturated heterocycles. The number of carbonyl (C=O) groups excluding carboxylic acids is 3. The molecule has 7 nitrogen and oxygen atoms in total. The summed E-state index contributed by atoms with van der Waals surface area (Å²) < 4.78 is 5.13. The van der Waals surface area contributed by atoms with Gasteiger partial charge in [0.25, 0.3) is 5.91 Å². The van der Waals surface area contributed by atoms with Crippen molar-refractivity contribution < 1.29 is 19.1 Å². The molecule has 0 aromatic carbocycles. The molecule has 1 aromatic rings. The molecule has 2 atom stereocenters. The first-order valence-electron chi connectivity index (χ1n) is 8.13. The average Bonchev–Trinajstić information content (AvgIpc) is 3.06. The molecule has 1 aromatic heterocycles. The van der Waals surface area contributed by atoms with Crippen LogP contribution in [-0.2, 0) is 20.9 Å². The lowest BCUT2D eigenvalue weighted by Crippen LogP contribution is -2.54. The van der Waals surface area contributed by atoms with E-state index >= 15 is 0 Å². The topological polar surface area (TPSA) is 88.6 Å². The van der Waals surface area contributed by atoms with Crippen molar-refractivity contribution >= 4 is 29.2 Å². The van der Waals surface area contributed by atoms with Crippen LogP contribution in [0.1, 0.15) is 43.3 Å². The SMILES string of the molecule is Cc1nc(COC(=O)CN2C(=O)N[C@]3(CCCC[C@H]3C)C2=O)cs1. The summed E-state index contributed by atoms with van der Waals surface area (Å²) in [6.45, 7) is 3.54. The van der Waals surface area contributed by atoms with Gasteiger partial charge >= 0.3 is 12.0 Å². The van der Waals surface area contributed by atoms with E-state index in [1.54, 1.807) is 0 Å². The van der Waals surface area contributed by atoms with Gasteiger partial charge in [0.05, 0.1) is 10.7 Å². The number of esters is 1. The molecule has 1 saturated carbocycles. The third kappa shape index (κ3) is 3.02. The summed E-state index contributed by atoms with van der Waals surface area (Å²) in [5.74, 6) is -0.840. The van der Waals surface area contributed by atoms with Gasteiger partial charge in [0.15, 0.2) is 0 Å². The fourth-order valence-corrected chi connectivity index (χ4v) is 4.04. The van der Waals surface area contributed by atoms with Crippen molar-refractivity contribution in [1.82, 2.24) is 15.2 Å². The molecule has 24 heavy (non-hydrogen) atoms. The van der Waals surface area contributed by atoms with Gasteiger partial charge in [0.2, 0.25) is 0 Å². The third-order valence-electron chi connectivity index (χ3n) is 4.84. The summed E-state index contributed by atoms with van der Waals surface area (Å²) in [7, 11) is 0. The van der Waals surface area contributed by atoms with E-state index in [4.69, 9.17) is 4.74 Å². The van der Waals surface area contributed by atoms with E-state index in [2.05, 4.69) is 10.3 Å². The molecule has 8 heteroatoms. The first kappa shape index (κ1) is 16.9. The number of urea groups is 1. The second-order valence-corrected chi connectivity index (χ2v) is 7.52. The molecule has 0 unspecified atom stereocenters. The van der Waals surface area contributed by atoms with Gasteiger partial charge in [-0.05, 0) is 25.7 Å². The molecule has 0 bridgehead atoms. The van der Waals surface area contributed by atoms with Crippen LogP contribution in [0.2, 0.25) is 0 Å². The number of ether oxygens (including phenoxy) is 1. The van der Waals surface area contributed by atoms with Gasteiger partial charge in [-0.2, -0.15) is 0 Å². The maximum absolute atomic E-state index is 12.7. The fraction of sp³-hybridized carbons (Fsp3) is 0.625. The average molecular weight is 351 g/mol. The Morgan fingerprint density at radius 1 is 1.50 bits per heavy atom. The van der Waals surface area contributed by atoms with Crippen LogP contribution in [0, 0.1) is 12.8 Å². The van der Waals surface area contributed by atoms with Crippen LogP contribution in [-0.4, -0.2) is 39.9 Å². The van der Waals surface area contributed by atoms with Crippen molar-refractivity contribution in [1.29, 1.82) is 0 Å². The number of carbonyl (C=O) groups is 3. The van der Waals surface area contributed by atoms with Crippen LogP contribution in [0.15, 0.2) is 5.38 Å². The van der Waals surface area contributed by atoms with Gasteiger partial charge in [-0.3, -0.25) is 14.5 Å². The van der Waals surface area contributed by atoms with Crippen LogP contribution in [0.25, 0.3) is 0 Å². The molecule has 1 aliphatic carbocycles. The van der Waals surface area contributed by atoms with Crippen LogP contribution in [0.5, 0.6) is 0 Å². The lowest BCUT2D eigenvalue weighted by molar-refractivity contribution is -0.149.